The molecule has 5 heteroatoms. The number of para-hydroxylation sites is 2. The zero-order valence-electron chi connectivity index (χ0n) is 12.3. The molecule has 1 amide bonds. The van der Waals surface area contributed by atoms with E-state index in [9.17, 15) is 9.90 Å². The highest BCUT2D eigenvalue weighted by atomic mass is 16.3. The number of imidazole rings is 1. The van der Waals surface area contributed by atoms with Gasteiger partial charge in [-0.15, -0.1) is 0 Å². The van der Waals surface area contributed by atoms with Gasteiger partial charge in [-0.1, -0.05) is 12.1 Å². The average Bonchev–Trinajstić information content (AvgIpc) is 2.87. The SMILES string of the molecule is C[C@H](O)c1nc2ccccc2n1CC(=O)N1CCCCC1. The molecule has 112 valence electrons. The number of hydrogen-bond donors (Lipinski definition) is 1. The highest BCUT2D eigenvalue weighted by Gasteiger charge is 2.21. The number of carbonyl (C=O) groups excluding carboxylic acids is 1. The highest BCUT2D eigenvalue weighted by Crippen LogP contribution is 2.21. The van der Waals surface area contributed by atoms with E-state index >= 15 is 0 Å². The molecule has 5 nitrogen and oxygen atoms in total. The van der Waals surface area contributed by atoms with Crippen LogP contribution < -0.4 is 0 Å². The van der Waals surface area contributed by atoms with Gasteiger partial charge in [0, 0.05) is 13.1 Å². The van der Waals surface area contributed by atoms with E-state index in [0.717, 1.165) is 37.0 Å². The molecule has 1 aromatic carbocycles. The summed E-state index contributed by atoms with van der Waals surface area (Å²) in [4.78, 5) is 18.9. The third-order valence-electron chi connectivity index (χ3n) is 4.06. The Kier molecular flexibility index (Phi) is 3.92. The van der Waals surface area contributed by atoms with Crippen molar-refractivity contribution in [2.75, 3.05) is 13.1 Å². The van der Waals surface area contributed by atoms with Crippen LogP contribution >= 0.6 is 0 Å². The van der Waals surface area contributed by atoms with Crippen LogP contribution in [0.25, 0.3) is 11.0 Å². The molecule has 0 spiro atoms. The number of piperidine rings is 1. The number of rotatable bonds is 3. The monoisotopic (exact) mass is 287 g/mol. The number of carbonyl (C=O) groups is 1. The summed E-state index contributed by atoms with van der Waals surface area (Å²) in [6.07, 6.45) is 2.68. The molecule has 2 heterocycles. The molecule has 1 aliphatic rings. The number of aliphatic hydroxyl groups is 1. The number of hydrogen-bond acceptors (Lipinski definition) is 3. The number of amides is 1. The van der Waals surface area contributed by atoms with Gasteiger partial charge in [-0.05, 0) is 38.3 Å². The Hall–Kier alpha value is -1.88. The molecule has 1 aromatic heterocycles. The normalized spacial score (nSPS) is 17.1. The lowest BCUT2D eigenvalue weighted by Gasteiger charge is -2.27. The lowest BCUT2D eigenvalue weighted by Crippen LogP contribution is -2.38. The largest absolute Gasteiger partial charge is 0.385 e. The van der Waals surface area contributed by atoms with E-state index in [1.807, 2.05) is 33.7 Å². The van der Waals surface area contributed by atoms with Crippen LogP contribution in [-0.4, -0.2) is 38.6 Å². The van der Waals surface area contributed by atoms with Crippen LogP contribution in [0.15, 0.2) is 24.3 Å². The van der Waals surface area contributed by atoms with Gasteiger partial charge in [-0.3, -0.25) is 4.79 Å². The molecular formula is C16H21N3O2. The van der Waals surface area contributed by atoms with E-state index in [4.69, 9.17) is 0 Å². The van der Waals surface area contributed by atoms with Crippen LogP contribution in [0.1, 0.15) is 38.1 Å². The summed E-state index contributed by atoms with van der Waals surface area (Å²) < 4.78 is 1.84. The maximum atomic E-state index is 12.5. The Labute approximate surface area is 124 Å². The summed E-state index contributed by atoms with van der Waals surface area (Å²) in [7, 11) is 0. The zero-order valence-corrected chi connectivity index (χ0v) is 12.3. The highest BCUT2D eigenvalue weighted by molar-refractivity contribution is 5.81. The first kappa shape index (κ1) is 14.1. The summed E-state index contributed by atoms with van der Waals surface area (Å²) in [5.41, 5.74) is 1.72. The standard InChI is InChI=1S/C16H21N3O2/c1-12(20)16-17-13-7-3-4-8-14(13)19(16)11-15(21)18-9-5-2-6-10-18/h3-4,7-8,12,20H,2,5-6,9-11H2,1H3/t12-/m0/s1. The van der Waals surface area contributed by atoms with Crippen molar-refractivity contribution in [3.05, 3.63) is 30.1 Å². The summed E-state index contributed by atoms with van der Waals surface area (Å²) >= 11 is 0. The molecule has 0 unspecified atom stereocenters. The maximum absolute atomic E-state index is 12.5. The molecule has 21 heavy (non-hydrogen) atoms. The number of fused-ring (bicyclic) bond motifs is 1. The van der Waals surface area contributed by atoms with E-state index < -0.39 is 6.10 Å². The Bertz CT molecular complexity index is 642. The first-order valence-corrected chi connectivity index (χ1v) is 7.58. The lowest BCUT2D eigenvalue weighted by molar-refractivity contribution is -0.132. The van der Waals surface area contributed by atoms with Crippen molar-refractivity contribution in [3.63, 3.8) is 0 Å². The van der Waals surface area contributed by atoms with Gasteiger partial charge in [0.25, 0.3) is 0 Å². The molecule has 1 saturated heterocycles. The summed E-state index contributed by atoms with van der Waals surface area (Å²) in [6, 6.07) is 7.69. The van der Waals surface area contributed by atoms with Gasteiger partial charge in [0.15, 0.2) is 0 Å². The predicted molar refractivity (Wildman–Crippen MR) is 80.8 cm³/mol. The minimum Gasteiger partial charge on any atom is -0.385 e. The van der Waals surface area contributed by atoms with Crippen molar-refractivity contribution in [1.82, 2.24) is 14.5 Å². The molecule has 1 fully saturated rings. The molecule has 1 N–H and O–H groups in total. The fourth-order valence-corrected chi connectivity index (χ4v) is 2.96. The van der Waals surface area contributed by atoms with Crippen molar-refractivity contribution in [2.45, 2.75) is 38.8 Å². The van der Waals surface area contributed by atoms with E-state index in [0.29, 0.717) is 5.82 Å². The van der Waals surface area contributed by atoms with Gasteiger partial charge in [0.05, 0.1) is 11.0 Å². The lowest BCUT2D eigenvalue weighted by atomic mass is 10.1. The third kappa shape index (κ3) is 2.78. The Morgan fingerprint density at radius 3 is 2.71 bits per heavy atom. The number of aromatic nitrogens is 2. The van der Waals surface area contributed by atoms with Crippen LogP contribution in [0.3, 0.4) is 0 Å². The van der Waals surface area contributed by atoms with Crippen LogP contribution in [-0.2, 0) is 11.3 Å². The smallest absolute Gasteiger partial charge is 0.242 e. The van der Waals surface area contributed by atoms with Gasteiger partial charge >= 0.3 is 0 Å². The van der Waals surface area contributed by atoms with Gasteiger partial charge in [-0.2, -0.15) is 0 Å². The topological polar surface area (TPSA) is 58.4 Å². The molecule has 1 atom stereocenters. The van der Waals surface area contributed by atoms with Crippen molar-refractivity contribution < 1.29 is 9.90 Å². The molecule has 0 saturated carbocycles. The quantitative estimate of drug-likeness (QED) is 0.940. The number of likely N-dealkylation sites (tertiary alicyclic amines) is 1. The van der Waals surface area contributed by atoms with Gasteiger partial charge < -0.3 is 14.6 Å². The molecule has 0 aliphatic carbocycles. The fourth-order valence-electron chi connectivity index (χ4n) is 2.96. The average molecular weight is 287 g/mol. The van der Waals surface area contributed by atoms with Crippen LogP contribution in [0.4, 0.5) is 0 Å². The van der Waals surface area contributed by atoms with Crippen LogP contribution in [0.2, 0.25) is 0 Å². The predicted octanol–water partition coefficient (Wildman–Crippen LogP) is 2.10. The van der Waals surface area contributed by atoms with Crippen LogP contribution in [0, 0.1) is 0 Å². The Balaban J connectivity index is 1.91. The molecule has 2 aromatic rings. The second kappa shape index (κ2) is 5.85. The van der Waals surface area contributed by atoms with E-state index in [1.54, 1.807) is 6.92 Å². The van der Waals surface area contributed by atoms with Crippen molar-refractivity contribution in [3.8, 4) is 0 Å². The number of aliphatic hydroxyl groups excluding tert-OH is 1. The van der Waals surface area contributed by atoms with E-state index in [1.165, 1.54) is 6.42 Å². The number of benzene rings is 1. The second-order valence-electron chi connectivity index (χ2n) is 5.66. The van der Waals surface area contributed by atoms with Crippen molar-refractivity contribution in [1.29, 1.82) is 0 Å². The van der Waals surface area contributed by atoms with Gasteiger partial charge in [0.1, 0.15) is 18.5 Å². The van der Waals surface area contributed by atoms with Gasteiger partial charge in [0.2, 0.25) is 5.91 Å². The third-order valence-corrected chi connectivity index (χ3v) is 4.06. The number of nitrogens with zero attached hydrogens (tertiary/aromatic N) is 3. The Morgan fingerprint density at radius 1 is 1.29 bits per heavy atom. The molecular weight excluding hydrogens is 266 g/mol. The van der Waals surface area contributed by atoms with E-state index in [-0.39, 0.29) is 12.5 Å². The minimum absolute atomic E-state index is 0.111. The zero-order chi connectivity index (χ0) is 14.8. The van der Waals surface area contributed by atoms with Crippen molar-refractivity contribution >= 4 is 16.9 Å². The first-order chi connectivity index (χ1) is 10.2. The Morgan fingerprint density at radius 2 is 2.00 bits per heavy atom. The van der Waals surface area contributed by atoms with Crippen molar-refractivity contribution in [2.24, 2.45) is 0 Å². The molecule has 0 radical (unpaired) electrons. The second-order valence-corrected chi connectivity index (χ2v) is 5.66. The minimum atomic E-state index is -0.688. The molecule has 3 rings (SSSR count). The summed E-state index contributed by atoms with van der Waals surface area (Å²) in [5.74, 6) is 0.668. The van der Waals surface area contributed by atoms with Crippen LogP contribution in [0.5, 0.6) is 0 Å². The van der Waals surface area contributed by atoms with E-state index in [2.05, 4.69) is 4.98 Å². The summed E-state index contributed by atoms with van der Waals surface area (Å²) in [5, 5.41) is 9.92. The summed E-state index contributed by atoms with van der Waals surface area (Å²) in [6.45, 7) is 3.62. The first-order valence-electron chi connectivity index (χ1n) is 7.58. The van der Waals surface area contributed by atoms with Gasteiger partial charge in [-0.25, -0.2) is 4.98 Å². The molecule has 1 aliphatic heterocycles. The molecule has 0 bridgehead atoms. The maximum Gasteiger partial charge on any atom is 0.242 e. The fraction of sp³-hybridized carbons (Fsp3) is 0.500.